The molecule has 6 heteroatoms. The number of rotatable bonds is 4. The molecule has 0 aromatic heterocycles. The smallest absolute Gasteiger partial charge is 0.338 e. The molecule has 1 aromatic rings. The number of carbonyl (C=O) groups excluding carboxylic acids is 2. The van der Waals surface area contributed by atoms with Crippen LogP contribution in [0, 0.1) is 16.7 Å². The number of hydrogen-bond acceptors (Lipinski definition) is 6. The van der Waals surface area contributed by atoms with Crippen molar-refractivity contribution >= 4 is 11.9 Å². The van der Waals surface area contributed by atoms with Gasteiger partial charge in [0, 0.05) is 23.3 Å². The molecule has 2 aliphatic carbocycles. The largest absolute Gasteiger partial charge is 0.458 e. The summed E-state index contributed by atoms with van der Waals surface area (Å²) in [6, 6.07) is 8.98. The molecule has 5 rings (SSSR count). The van der Waals surface area contributed by atoms with Gasteiger partial charge in [0.15, 0.2) is 0 Å². The number of epoxide rings is 1. The van der Waals surface area contributed by atoms with Crippen LogP contribution in [0.15, 0.2) is 54.1 Å². The number of carbonyl (C=O) groups is 2. The van der Waals surface area contributed by atoms with Crippen molar-refractivity contribution in [2.45, 2.75) is 70.4 Å². The van der Waals surface area contributed by atoms with E-state index in [-0.39, 0.29) is 30.6 Å². The van der Waals surface area contributed by atoms with Crippen molar-refractivity contribution in [2.24, 2.45) is 16.7 Å². The SMILES string of the molecule is CC1(O)CC(OC(=O)c2ccccc2)C2(C)C(CCC3OC32C)C1(C)C=CC1=CC(=O)OC1. The van der Waals surface area contributed by atoms with E-state index in [1.165, 1.54) is 6.08 Å². The summed E-state index contributed by atoms with van der Waals surface area (Å²) in [5, 5.41) is 11.8. The molecule has 1 N–H and O–H groups in total. The Bertz CT molecular complexity index is 1040. The van der Waals surface area contributed by atoms with Gasteiger partial charge >= 0.3 is 11.9 Å². The third-order valence-corrected chi connectivity index (χ3v) is 9.18. The highest BCUT2D eigenvalue weighted by atomic mass is 16.6. The Hall–Kier alpha value is -2.44. The van der Waals surface area contributed by atoms with Crippen molar-refractivity contribution < 1.29 is 28.9 Å². The molecule has 6 nitrogen and oxygen atoms in total. The van der Waals surface area contributed by atoms with E-state index in [1.54, 1.807) is 12.1 Å². The van der Waals surface area contributed by atoms with E-state index in [0.29, 0.717) is 12.0 Å². The highest BCUT2D eigenvalue weighted by Crippen LogP contribution is 2.71. The molecule has 0 spiro atoms. The minimum absolute atomic E-state index is 0.000876. The van der Waals surface area contributed by atoms with Gasteiger partial charge in [0.2, 0.25) is 0 Å². The van der Waals surface area contributed by atoms with Crippen LogP contribution >= 0.6 is 0 Å². The molecular formula is C27H32O6. The lowest BCUT2D eigenvalue weighted by molar-refractivity contribution is -0.217. The number of cyclic esters (lactones) is 1. The van der Waals surface area contributed by atoms with Crippen LogP contribution in [0.4, 0.5) is 0 Å². The van der Waals surface area contributed by atoms with Crippen LogP contribution in [-0.2, 0) is 19.0 Å². The molecule has 1 saturated heterocycles. The van der Waals surface area contributed by atoms with Crippen molar-refractivity contribution in [1.29, 1.82) is 0 Å². The van der Waals surface area contributed by atoms with Gasteiger partial charge in [-0.1, -0.05) is 44.2 Å². The maximum absolute atomic E-state index is 13.0. The summed E-state index contributed by atoms with van der Waals surface area (Å²) in [6.45, 7) is 8.42. The summed E-state index contributed by atoms with van der Waals surface area (Å²) in [5.41, 5.74) is -1.38. The molecule has 7 unspecified atom stereocenters. The Balaban J connectivity index is 1.53. The molecule has 1 aromatic carbocycles. The van der Waals surface area contributed by atoms with Gasteiger partial charge in [-0.2, -0.15) is 0 Å². The number of ether oxygens (including phenoxy) is 3. The van der Waals surface area contributed by atoms with E-state index in [2.05, 4.69) is 20.8 Å². The van der Waals surface area contributed by atoms with Crippen LogP contribution < -0.4 is 0 Å². The minimum Gasteiger partial charge on any atom is -0.458 e. The van der Waals surface area contributed by atoms with Crippen LogP contribution in [0.3, 0.4) is 0 Å². The summed E-state index contributed by atoms with van der Waals surface area (Å²) in [5.74, 6) is -0.720. The zero-order valence-corrected chi connectivity index (χ0v) is 19.7. The van der Waals surface area contributed by atoms with Gasteiger partial charge in [0.05, 0.1) is 17.3 Å². The molecule has 2 heterocycles. The molecule has 0 bridgehead atoms. The first kappa shape index (κ1) is 22.4. The van der Waals surface area contributed by atoms with Crippen molar-refractivity contribution in [3.63, 3.8) is 0 Å². The van der Waals surface area contributed by atoms with Gasteiger partial charge in [0.25, 0.3) is 0 Å². The van der Waals surface area contributed by atoms with E-state index in [1.807, 2.05) is 37.3 Å². The number of hydrogen-bond donors (Lipinski definition) is 1. The Labute approximate surface area is 194 Å². The van der Waals surface area contributed by atoms with Crippen molar-refractivity contribution in [3.05, 3.63) is 59.7 Å². The molecule has 0 radical (unpaired) electrons. The van der Waals surface area contributed by atoms with E-state index in [9.17, 15) is 14.7 Å². The second-order valence-corrected chi connectivity index (χ2v) is 10.8. The third-order valence-electron chi connectivity index (χ3n) is 9.18. The van der Waals surface area contributed by atoms with Crippen molar-refractivity contribution in [3.8, 4) is 0 Å². The maximum Gasteiger partial charge on any atom is 0.338 e. The maximum atomic E-state index is 13.0. The molecule has 4 aliphatic rings. The van der Waals surface area contributed by atoms with Gasteiger partial charge in [-0.15, -0.1) is 0 Å². The molecular weight excluding hydrogens is 420 g/mol. The molecule has 0 amide bonds. The predicted molar refractivity (Wildman–Crippen MR) is 121 cm³/mol. The van der Waals surface area contributed by atoms with Gasteiger partial charge in [-0.05, 0) is 50.3 Å². The van der Waals surface area contributed by atoms with Crippen LogP contribution in [0.5, 0.6) is 0 Å². The Kier molecular flexibility index (Phi) is 4.93. The molecule has 176 valence electrons. The second kappa shape index (κ2) is 7.28. The molecule has 7 atom stereocenters. The van der Waals surface area contributed by atoms with Gasteiger partial charge < -0.3 is 19.3 Å². The fourth-order valence-electron chi connectivity index (χ4n) is 6.67. The zero-order valence-electron chi connectivity index (χ0n) is 19.7. The van der Waals surface area contributed by atoms with E-state index >= 15 is 0 Å². The Morgan fingerprint density at radius 2 is 1.88 bits per heavy atom. The lowest BCUT2D eigenvalue weighted by atomic mass is 9.43. The molecule has 3 fully saturated rings. The monoisotopic (exact) mass is 452 g/mol. The summed E-state index contributed by atoms with van der Waals surface area (Å²) < 4.78 is 17.4. The van der Waals surface area contributed by atoms with Gasteiger partial charge in [-0.25, -0.2) is 9.59 Å². The lowest BCUT2D eigenvalue weighted by Crippen LogP contribution is -2.68. The van der Waals surface area contributed by atoms with Gasteiger partial charge in [-0.3, -0.25) is 0 Å². The molecule has 33 heavy (non-hydrogen) atoms. The van der Waals surface area contributed by atoms with Crippen molar-refractivity contribution in [1.82, 2.24) is 0 Å². The fourth-order valence-corrected chi connectivity index (χ4v) is 6.67. The lowest BCUT2D eigenvalue weighted by Gasteiger charge is -2.63. The van der Waals surface area contributed by atoms with Gasteiger partial charge in [0.1, 0.15) is 18.3 Å². The van der Waals surface area contributed by atoms with E-state index in [0.717, 1.165) is 18.4 Å². The molecule has 2 aliphatic heterocycles. The van der Waals surface area contributed by atoms with Crippen LogP contribution in [-0.4, -0.2) is 47.1 Å². The minimum atomic E-state index is -1.14. The standard InChI is InChI=1S/C27H32O6/c1-24(13-12-17-14-22(28)31-16-17)19-10-11-20-27(4,33-20)26(19,3)21(15-25(24,2)30)32-23(29)18-8-6-5-7-9-18/h5-9,12-14,19-21,30H,10-11,15-16H2,1-4H3. The van der Waals surface area contributed by atoms with Crippen molar-refractivity contribution in [2.75, 3.05) is 6.61 Å². The fraction of sp³-hybridized carbons (Fsp3) is 0.556. The molecule has 2 saturated carbocycles. The Morgan fingerprint density at radius 1 is 1.15 bits per heavy atom. The summed E-state index contributed by atoms with van der Waals surface area (Å²) >= 11 is 0. The number of aliphatic hydroxyl groups is 1. The van der Waals surface area contributed by atoms with E-state index in [4.69, 9.17) is 14.2 Å². The van der Waals surface area contributed by atoms with Crippen LogP contribution in [0.25, 0.3) is 0 Å². The van der Waals surface area contributed by atoms with Crippen LogP contribution in [0.2, 0.25) is 0 Å². The topological polar surface area (TPSA) is 85.4 Å². The normalized spacial score (nSPS) is 44.0. The average Bonchev–Trinajstić information content (AvgIpc) is 3.30. The highest BCUT2D eigenvalue weighted by molar-refractivity contribution is 5.89. The van der Waals surface area contributed by atoms with Crippen LogP contribution in [0.1, 0.15) is 57.3 Å². The predicted octanol–water partition coefficient (Wildman–Crippen LogP) is 3.99. The summed E-state index contributed by atoms with van der Waals surface area (Å²) in [7, 11) is 0. The highest BCUT2D eigenvalue weighted by Gasteiger charge is 2.77. The van der Waals surface area contributed by atoms with E-state index < -0.39 is 28.1 Å². The Morgan fingerprint density at radius 3 is 2.55 bits per heavy atom. The summed E-state index contributed by atoms with van der Waals surface area (Å²) in [4.78, 5) is 24.5. The number of benzene rings is 1. The third kappa shape index (κ3) is 3.22. The first-order valence-electron chi connectivity index (χ1n) is 11.7. The number of fused-ring (bicyclic) bond motifs is 3. The summed E-state index contributed by atoms with van der Waals surface area (Å²) in [6.07, 6.45) is 7.10. The zero-order chi connectivity index (χ0) is 23.6. The quantitative estimate of drug-likeness (QED) is 0.549. The first-order valence-corrected chi connectivity index (χ1v) is 11.7. The second-order valence-electron chi connectivity index (χ2n) is 10.8. The average molecular weight is 453 g/mol. The first-order chi connectivity index (χ1) is 15.5. The number of esters is 2.